The number of likely N-dealkylation sites (N-methyl/N-ethyl adjacent to an activating group) is 1. The van der Waals surface area contributed by atoms with Gasteiger partial charge in [0.05, 0.1) is 11.2 Å². The third-order valence-electron chi connectivity index (χ3n) is 7.72. The standard InChI is InChI=1S/C25H39BN2O4/c1-7-13-21-23(30)27(6)16-17-28(21)22(29)19-14-12-15-20(18-19)26-31-24(8-2,9-3)25(10-4,11-5)32-26/h12,14-15,18,21H,7-11,13,16-17H2,1-6H3. The summed E-state index contributed by atoms with van der Waals surface area (Å²) in [6.07, 6.45) is 5.04. The molecule has 0 aliphatic carbocycles. The van der Waals surface area contributed by atoms with Crippen molar-refractivity contribution in [3.05, 3.63) is 29.8 Å². The maximum atomic E-state index is 13.5. The molecule has 2 heterocycles. The second-order valence-electron chi connectivity index (χ2n) is 9.16. The van der Waals surface area contributed by atoms with E-state index in [9.17, 15) is 9.59 Å². The number of amides is 2. The van der Waals surface area contributed by atoms with Crippen LogP contribution in [0.5, 0.6) is 0 Å². The molecule has 0 radical (unpaired) electrons. The molecule has 176 valence electrons. The topological polar surface area (TPSA) is 59.1 Å². The molecule has 1 unspecified atom stereocenters. The third-order valence-corrected chi connectivity index (χ3v) is 7.72. The van der Waals surface area contributed by atoms with Crippen LogP contribution >= 0.6 is 0 Å². The fourth-order valence-electron chi connectivity index (χ4n) is 5.60. The first kappa shape index (κ1) is 24.8. The maximum Gasteiger partial charge on any atom is 0.494 e. The first-order valence-electron chi connectivity index (χ1n) is 12.3. The fourth-order valence-corrected chi connectivity index (χ4v) is 5.60. The zero-order chi connectivity index (χ0) is 23.5. The molecule has 3 rings (SSSR count). The van der Waals surface area contributed by atoms with Gasteiger partial charge in [0.15, 0.2) is 0 Å². The lowest BCUT2D eigenvalue weighted by Gasteiger charge is -2.42. The predicted molar refractivity (Wildman–Crippen MR) is 128 cm³/mol. The molecule has 2 amide bonds. The highest BCUT2D eigenvalue weighted by atomic mass is 16.7. The SMILES string of the molecule is CCCC1C(=O)N(C)CCN1C(=O)c1cccc(B2OC(CC)(CC)C(CC)(CC)O2)c1. The van der Waals surface area contributed by atoms with Gasteiger partial charge in [0.1, 0.15) is 6.04 Å². The molecule has 1 aromatic carbocycles. The minimum absolute atomic E-state index is 0.0245. The van der Waals surface area contributed by atoms with Crippen molar-refractivity contribution in [2.45, 2.75) is 90.4 Å². The Balaban J connectivity index is 1.88. The average molecular weight is 442 g/mol. The Morgan fingerprint density at radius 2 is 1.62 bits per heavy atom. The van der Waals surface area contributed by atoms with E-state index < -0.39 is 13.2 Å². The molecule has 2 aliphatic heterocycles. The Labute approximate surface area is 193 Å². The van der Waals surface area contributed by atoms with Crippen LogP contribution in [0.2, 0.25) is 0 Å². The van der Waals surface area contributed by atoms with E-state index in [0.29, 0.717) is 25.1 Å². The highest BCUT2D eigenvalue weighted by Gasteiger charge is 2.58. The molecular weight excluding hydrogens is 403 g/mol. The minimum atomic E-state index is -0.497. The Kier molecular flexibility index (Phi) is 7.71. The Morgan fingerprint density at radius 3 is 2.16 bits per heavy atom. The van der Waals surface area contributed by atoms with Crippen LogP contribution in [0.15, 0.2) is 24.3 Å². The molecule has 2 saturated heterocycles. The van der Waals surface area contributed by atoms with Crippen LogP contribution in [-0.4, -0.2) is 66.1 Å². The van der Waals surface area contributed by atoms with E-state index in [1.165, 1.54) is 0 Å². The Hall–Kier alpha value is -1.86. The van der Waals surface area contributed by atoms with Gasteiger partial charge in [0, 0.05) is 25.7 Å². The average Bonchev–Trinajstić information content (AvgIpc) is 3.17. The number of nitrogens with zero attached hydrogens (tertiary/aromatic N) is 2. The second kappa shape index (κ2) is 9.96. The third kappa shape index (κ3) is 4.10. The normalized spacial score (nSPS) is 22.5. The van der Waals surface area contributed by atoms with Crippen molar-refractivity contribution in [2.75, 3.05) is 20.1 Å². The van der Waals surface area contributed by atoms with Crippen molar-refractivity contribution in [3.63, 3.8) is 0 Å². The van der Waals surface area contributed by atoms with Crippen LogP contribution in [0, 0.1) is 0 Å². The summed E-state index contributed by atoms with van der Waals surface area (Å²) in [7, 11) is 1.31. The fraction of sp³-hybridized carbons (Fsp3) is 0.680. The number of piperazine rings is 1. The van der Waals surface area contributed by atoms with Gasteiger partial charge in [-0.15, -0.1) is 0 Å². The zero-order valence-electron chi connectivity index (χ0n) is 20.6. The van der Waals surface area contributed by atoms with E-state index in [1.54, 1.807) is 9.80 Å². The van der Waals surface area contributed by atoms with Crippen molar-refractivity contribution in [1.29, 1.82) is 0 Å². The van der Waals surface area contributed by atoms with E-state index in [-0.39, 0.29) is 23.0 Å². The highest BCUT2D eigenvalue weighted by molar-refractivity contribution is 6.62. The summed E-state index contributed by atoms with van der Waals surface area (Å²) in [5.41, 5.74) is 0.768. The summed E-state index contributed by atoms with van der Waals surface area (Å²) in [5, 5.41) is 0. The lowest BCUT2D eigenvalue weighted by molar-refractivity contribution is -0.138. The molecule has 7 heteroatoms. The smallest absolute Gasteiger partial charge is 0.399 e. The van der Waals surface area contributed by atoms with Crippen LogP contribution in [0.3, 0.4) is 0 Å². The van der Waals surface area contributed by atoms with Crippen molar-refractivity contribution in [3.8, 4) is 0 Å². The monoisotopic (exact) mass is 442 g/mol. The summed E-state index contributed by atoms with van der Waals surface area (Å²) in [4.78, 5) is 29.6. The highest BCUT2D eigenvalue weighted by Crippen LogP contribution is 2.46. The Bertz CT molecular complexity index is 802. The number of hydrogen-bond donors (Lipinski definition) is 0. The molecule has 0 aromatic heterocycles. The van der Waals surface area contributed by atoms with Gasteiger partial charge in [-0.05, 0) is 49.7 Å². The molecule has 6 nitrogen and oxygen atoms in total. The van der Waals surface area contributed by atoms with Crippen LogP contribution in [-0.2, 0) is 14.1 Å². The number of rotatable bonds is 8. The van der Waals surface area contributed by atoms with Crippen molar-refractivity contribution in [2.24, 2.45) is 0 Å². The molecule has 2 aliphatic rings. The molecule has 1 atom stereocenters. The molecule has 0 N–H and O–H groups in total. The maximum absolute atomic E-state index is 13.5. The number of carbonyl (C=O) groups excluding carboxylic acids is 2. The quantitative estimate of drug-likeness (QED) is 0.577. The predicted octanol–water partition coefficient (Wildman–Crippen LogP) is 3.63. The van der Waals surface area contributed by atoms with Crippen molar-refractivity contribution < 1.29 is 18.9 Å². The molecular formula is C25H39BN2O4. The molecule has 0 saturated carbocycles. The first-order chi connectivity index (χ1) is 15.3. The van der Waals surface area contributed by atoms with Crippen LogP contribution in [0.25, 0.3) is 0 Å². The Morgan fingerprint density at radius 1 is 1.03 bits per heavy atom. The van der Waals surface area contributed by atoms with Crippen LogP contribution in [0.4, 0.5) is 0 Å². The van der Waals surface area contributed by atoms with Gasteiger partial charge in [-0.25, -0.2) is 0 Å². The van der Waals surface area contributed by atoms with Gasteiger partial charge < -0.3 is 19.1 Å². The molecule has 1 aromatic rings. The van der Waals surface area contributed by atoms with E-state index in [0.717, 1.165) is 37.6 Å². The molecule has 0 spiro atoms. The summed E-state index contributed by atoms with van der Waals surface area (Å²) >= 11 is 0. The minimum Gasteiger partial charge on any atom is -0.399 e. The van der Waals surface area contributed by atoms with Crippen LogP contribution in [0.1, 0.15) is 83.5 Å². The number of carbonyl (C=O) groups is 2. The van der Waals surface area contributed by atoms with Gasteiger partial charge in [-0.1, -0.05) is 53.2 Å². The summed E-state index contributed by atoms with van der Waals surface area (Å²) in [6, 6.07) is 7.18. The van der Waals surface area contributed by atoms with Crippen molar-refractivity contribution in [1.82, 2.24) is 9.80 Å². The van der Waals surface area contributed by atoms with E-state index in [4.69, 9.17) is 9.31 Å². The summed E-state index contributed by atoms with van der Waals surface area (Å²) in [6.45, 7) is 11.8. The van der Waals surface area contributed by atoms with Crippen LogP contribution < -0.4 is 5.46 Å². The van der Waals surface area contributed by atoms with Gasteiger partial charge in [0.25, 0.3) is 5.91 Å². The second-order valence-corrected chi connectivity index (χ2v) is 9.16. The lowest BCUT2D eigenvalue weighted by Crippen LogP contribution is -2.57. The van der Waals surface area contributed by atoms with E-state index in [2.05, 4.69) is 27.7 Å². The molecule has 32 heavy (non-hydrogen) atoms. The summed E-state index contributed by atoms with van der Waals surface area (Å²) < 4.78 is 13.2. The van der Waals surface area contributed by atoms with Crippen molar-refractivity contribution >= 4 is 24.4 Å². The van der Waals surface area contributed by atoms with Gasteiger partial charge in [-0.2, -0.15) is 0 Å². The lowest BCUT2D eigenvalue weighted by atomic mass is 9.75. The molecule has 2 fully saturated rings. The number of benzene rings is 1. The largest absolute Gasteiger partial charge is 0.494 e. The van der Waals surface area contributed by atoms with E-state index >= 15 is 0 Å². The number of hydrogen-bond acceptors (Lipinski definition) is 4. The van der Waals surface area contributed by atoms with Gasteiger partial charge in [0.2, 0.25) is 5.91 Å². The molecule has 0 bridgehead atoms. The van der Waals surface area contributed by atoms with Gasteiger partial charge in [-0.3, -0.25) is 9.59 Å². The van der Waals surface area contributed by atoms with E-state index in [1.807, 2.05) is 38.2 Å². The zero-order valence-corrected chi connectivity index (χ0v) is 20.6. The van der Waals surface area contributed by atoms with Gasteiger partial charge >= 0.3 is 7.12 Å². The summed E-state index contributed by atoms with van der Waals surface area (Å²) in [5.74, 6) is -0.0735. The first-order valence-corrected chi connectivity index (χ1v) is 12.3.